The van der Waals surface area contributed by atoms with Crippen LogP contribution < -0.4 is 0 Å². The van der Waals surface area contributed by atoms with Gasteiger partial charge in [-0.3, -0.25) is 4.21 Å². The van der Waals surface area contributed by atoms with Crippen molar-refractivity contribution in [2.24, 2.45) is 0 Å². The fraction of sp³-hybridized carbons (Fsp3) is 1.00. The lowest BCUT2D eigenvalue weighted by Gasteiger charge is -2.35. The molecule has 13 heavy (non-hydrogen) atoms. The van der Waals surface area contributed by atoms with Crippen LogP contribution in [0.15, 0.2) is 0 Å². The SMILES string of the molecule is CCCC1(O)CC2CCC(C1)S2=O. The number of fused-ring (bicyclic) bond motifs is 2. The van der Waals surface area contributed by atoms with E-state index in [1.807, 2.05) is 0 Å². The molecule has 0 amide bonds. The van der Waals surface area contributed by atoms with Gasteiger partial charge in [0.05, 0.1) is 5.60 Å². The summed E-state index contributed by atoms with van der Waals surface area (Å²) in [5, 5.41) is 10.8. The van der Waals surface area contributed by atoms with Gasteiger partial charge in [0.2, 0.25) is 0 Å². The lowest BCUT2D eigenvalue weighted by Crippen LogP contribution is -2.42. The number of hydrogen-bond donors (Lipinski definition) is 1. The van der Waals surface area contributed by atoms with Gasteiger partial charge in [-0.15, -0.1) is 0 Å². The Morgan fingerprint density at radius 1 is 1.38 bits per heavy atom. The third kappa shape index (κ3) is 1.68. The first-order valence-electron chi connectivity index (χ1n) is 5.26. The average Bonchev–Trinajstić information content (AvgIpc) is 2.34. The number of hydrogen-bond acceptors (Lipinski definition) is 2. The van der Waals surface area contributed by atoms with Crippen molar-refractivity contribution in [2.45, 2.75) is 61.5 Å². The molecule has 2 rings (SSSR count). The molecule has 0 spiro atoms. The lowest BCUT2D eigenvalue weighted by atomic mass is 9.89. The van der Waals surface area contributed by atoms with Crippen LogP contribution in [0.3, 0.4) is 0 Å². The summed E-state index contributed by atoms with van der Waals surface area (Å²) in [6.07, 6.45) is 5.63. The standard InChI is InChI=1S/C10H18O2S/c1-2-5-10(11)6-8-3-4-9(7-10)13(8)12/h8-9,11H,2-7H2,1H3. The van der Waals surface area contributed by atoms with Crippen LogP contribution in [0.25, 0.3) is 0 Å². The maximum absolute atomic E-state index is 11.7. The van der Waals surface area contributed by atoms with E-state index in [0.717, 1.165) is 38.5 Å². The van der Waals surface area contributed by atoms with E-state index < -0.39 is 16.4 Å². The van der Waals surface area contributed by atoms with E-state index >= 15 is 0 Å². The molecule has 76 valence electrons. The molecular weight excluding hydrogens is 184 g/mol. The van der Waals surface area contributed by atoms with Gasteiger partial charge in [0.1, 0.15) is 0 Å². The third-order valence-corrected chi connectivity index (χ3v) is 5.52. The van der Waals surface area contributed by atoms with E-state index in [-0.39, 0.29) is 0 Å². The second-order valence-electron chi connectivity index (χ2n) is 4.53. The van der Waals surface area contributed by atoms with E-state index in [9.17, 15) is 9.32 Å². The maximum Gasteiger partial charge on any atom is 0.0670 e. The van der Waals surface area contributed by atoms with Crippen molar-refractivity contribution >= 4 is 10.8 Å². The summed E-state index contributed by atoms with van der Waals surface area (Å²) in [4.78, 5) is 0. The third-order valence-electron chi connectivity index (χ3n) is 3.40. The molecule has 2 saturated heterocycles. The van der Waals surface area contributed by atoms with E-state index in [1.165, 1.54) is 0 Å². The highest BCUT2D eigenvalue weighted by Crippen LogP contribution is 2.42. The van der Waals surface area contributed by atoms with Crippen molar-refractivity contribution in [1.29, 1.82) is 0 Å². The van der Waals surface area contributed by atoms with Crippen molar-refractivity contribution in [3.63, 3.8) is 0 Å². The first-order valence-corrected chi connectivity index (χ1v) is 6.54. The summed E-state index contributed by atoms with van der Waals surface area (Å²) in [7, 11) is -0.629. The van der Waals surface area contributed by atoms with Crippen molar-refractivity contribution in [2.75, 3.05) is 0 Å². The Balaban J connectivity index is 2.09. The normalized spacial score (nSPS) is 49.5. The van der Waals surface area contributed by atoms with Gasteiger partial charge in [-0.1, -0.05) is 13.3 Å². The van der Waals surface area contributed by atoms with Crippen LogP contribution in [0.5, 0.6) is 0 Å². The summed E-state index contributed by atoms with van der Waals surface area (Å²) in [6, 6.07) is 0. The molecule has 2 bridgehead atoms. The molecule has 2 aliphatic heterocycles. The molecule has 0 radical (unpaired) electrons. The van der Waals surface area contributed by atoms with Gasteiger partial charge >= 0.3 is 0 Å². The highest BCUT2D eigenvalue weighted by Gasteiger charge is 2.46. The van der Waals surface area contributed by atoms with Crippen LogP contribution in [0, 0.1) is 0 Å². The topological polar surface area (TPSA) is 37.3 Å². The quantitative estimate of drug-likeness (QED) is 0.738. The Bertz CT molecular complexity index is 211. The van der Waals surface area contributed by atoms with Gasteiger partial charge < -0.3 is 5.11 Å². The number of rotatable bonds is 2. The minimum Gasteiger partial charge on any atom is -0.390 e. The summed E-state index contributed by atoms with van der Waals surface area (Å²) in [5.74, 6) is 0. The van der Waals surface area contributed by atoms with Crippen molar-refractivity contribution in [1.82, 2.24) is 0 Å². The van der Waals surface area contributed by atoms with Crippen LogP contribution in [0.2, 0.25) is 0 Å². The van der Waals surface area contributed by atoms with Gasteiger partial charge in [-0.2, -0.15) is 0 Å². The fourth-order valence-corrected chi connectivity index (χ4v) is 5.08. The zero-order chi connectivity index (χ0) is 9.47. The first-order chi connectivity index (χ1) is 6.14. The van der Waals surface area contributed by atoms with E-state index in [1.54, 1.807) is 0 Å². The van der Waals surface area contributed by atoms with E-state index in [4.69, 9.17) is 0 Å². The average molecular weight is 202 g/mol. The molecule has 2 nitrogen and oxygen atoms in total. The van der Waals surface area contributed by atoms with Crippen molar-refractivity contribution in [3.05, 3.63) is 0 Å². The van der Waals surface area contributed by atoms with E-state index in [0.29, 0.717) is 10.5 Å². The Morgan fingerprint density at radius 2 is 1.92 bits per heavy atom. The van der Waals surface area contributed by atoms with Gasteiger partial charge in [-0.05, 0) is 32.1 Å². The molecule has 2 aliphatic rings. The monoisotopic (exact) mass is 202 g/mol. The van der Waals surface area contributed by atoms with Gasteiger partial charge in [0.25, 0.3) is 0 Å². The molecule has 3 heteroatoms. The predicted molar refractivity (Wildman–Crippen MR) is 54.0 cm³/mol. The van der Waals surface area contributed by atoms with Crippen LogP contribution >= 0.6 is 0 Å². The molecule has 1 N–H and O–H groups in total. The van der Waals surface area contributed by atoms with Gasteiger partial charge in [-0.25, -0.2) is 0 Å². The minimum atomic E-state index is -0.629. The first kappa shape index (κ1) is 9.66. The molecule has 2 fully saturated rings. The van der Waals surface area contributed by atoms with Crippen LogP contribution in [-0.2, 0) is 10.8 Å². The van der Waals surface area contributed by atoms with Crippen LogP contribution in [0.1, 0.15) is 45.4 Å². The molecule has 0 saturated carbocycles. The molecule has 0 aromatic carbocycles. The molecule has 0 aliphatic carbocycles. The smallest absolute Gasteiger partial charge is 0.0670 e. The fourth-order valence-electron chi connectivity index (χ4n) is 2.85. The van der Waals surface area contributed by atoms with Gasteiger partial charge in [0, 0.05) is 21.3 Å². The Hall–Kier alpha value is 0.110. The zero-order valence-corrected chi connectivity index (χ0v) is 8.98. The molecule has 0 aromatic rings. The zero-order valence-electron chi connectivity index (χ0n) is 8.16. The largest absolute Gasteiger partial charge is 0.390 e. The summed E-state index contributed by atoms with van der Waals surface area (Å²) < 4.78 is 11.7. The Labute approximate surface area is 82.2 Å². The van der Waals surface area contributed by atoms with Crippen LogP contribution in [0.4, 0.5) is 0 Å². The summed E-state index contributed by atoms with van der Waals surface area (Å²) in [5.41, 5.74) is -0.478. The predicted octanol–water partition coefficient (Wildman–Crippen LogP) is 1.59. The van der Waals surface area contributed by atoms with Crippen molar-refractivity contribution < 1.29 is 9.32 Å². The molecule has 2 atom stereocenters. The van der Waals surface area contributed by atoms with Crippen molar-refractivity contribution in [3.8, 4) is 0 Å². The molecule has 2 heterocycles. The van der Waals surface area contributed by atoms with Gasteiger partial charge in [0.15, 0.2) is 0 Å². The number of aliphatic hydroxyl groups is 1. The highest BCUT2D eigenvalue weighted by atomic mass is 32.2. The highest BCUT2D eigenvalue weighted by molar-refractivity contribution is 7.86. The molecule has 0 aromatic heterocycles. The Kier molecular flexibility index (Phi) is 2.49. The minimum absolute atomic E-state index is 0.301. The van der Waals surface area contributed by atoms with E-state index in [2.05, 4.69) is 6.92 Å². The maximum atomic E-state index is 11.7. The Morgan fingerprint density at radius 3 is 2.38 bits per heavy atom. The summed E-state index contributed by atoms with van der Waals surface area (Å²) in [6.45, 7) is 2.10. The second kappa shape index (κ2) is 3.35. The second-order valence-corrected chi connectivity index (χ2v) is 6.52. The molecular formula is C10H18O2S. The summed E-state index contributed by atoms with van der Waals surface area (Å²) >= 11 is 0. The lowest BCUT2D eigenvalue weighted by molar-refractivity contribution is 0.0137. The van der Waals surface area contributed by atoms with Crippen LogP contribution in [-0.4, -0.2) is 25.4 Å². The molecule has 2 unspecified atom stereocenters.